The van der Waals surface area contributed by atoms with Crippen LogP contribution < -0.4 is 0 Å². The lowest BCUT2D eigenvalue weighted by molar-refractivity contribution is -0.147. The van der Waals surface area contributed by atoms with Gasteiger partial charge in [0.15, 0.2) is 0 Å². The van der Waals surface area contributed by atoms with Crippen LogP contribution in [0.5, 0.6) is 0 Å². The van der Waals surface area contributed by atoms with Crippen molar-refractivity contribution in [2.75, 3.05) is 0 Å². The molecule has 18 heavy (non-hydrogen) atoms. The van der Waals surface area contributed by atoms with Crippen molar-refractivity contribution in [2.24, 2.45) is 0 Å². The van der Waals surface area contributed by atoms with Crippen LogP contribution >= 0.6 is 0 Å². The summed E-state index contributed by atoms with van der Waals surface area (Å²) in [7, 11) is 0. The average molecular weight is 252 g/mol. The summed E-state index contributed by atoms with van der Waals surface area (Å²) in [5.41, 5.74) is 4.39. The third-order valence-corrected chi connectivity index (χ3v) is 2.54. The molecular weight excluding hydrogens is 232 g/mol. The molecule has 0 heterocycles. The number of hydrogen-bond donors (Lipinski definition) is 2. The summed E-state index contributed by atoms with van der Waals surface area (Å²) in [6.45, 7) is 6.61. The van der Waals surface area contributed by atoms with Gasteiger partial charge in [-0.3, -0.25) is 9.59 Å². The number of carbonyl (C=O) groups is 2. The van der Waals surface area contributed by atoms with Gasteiger partial charge in [-0.1, -0.05) is 31.5 Å². The number of aliphatic carboxylic acids is 2. The van der Waals surface area contributed by atoms with Gasteiger partial charge in [0.05, 0.1) is 0 Å². The van der Waals surface area contributed by atoms with Gasteiger partial charge in [-0.05, 0) is 37.0 Å². The van der Waals surface area contributed by atoms with E-state index < -0.39 is 18.4 Å². The van der Waals surface area contributed by atoms with E-state index in [1.54, 1.807) is 0 Å². The quantitative estimate of drug-likeness (QED) is 0.808. The van der Waals surface area contributed by atoms with Gasteiger partial charge in [-0.25, -0.2) is 0 Å². The van der Waals surface area contributed by atoms with Gasteiger partial charge in [0, 0.05) is 0 Å². The molecule has 0 bridgehead atoms. The normalized spacial score (nSPS) is 9.28. The van der Waals surface area contributed by atoms with E-state index in [1.807, 2.05) is 0 Å². The summed E-state index contributed by atoms with van der Waals surface area (Å²) >= 11 is 0. The van der Waals surface area contributed by atoms with E-state index in [0.29, 0.717) is 0 Å². The Bertz CT molecular complexity index is 398. The van der Waals surface area contributed by atoms with E-state index in [4.69, 9.17) is 10.2 Å². The summed E-state index contributed by atoms with van der Waals surface area (Å²) in [6.07, 6.45) is 1.65. The number of carboxylic acid groups (broad SMARTS) is 2. The second-order valence-corrected chi connectivity index (χ2v) is 4.07. The summed E-state index contributed by atoms with van der Waals surface area (Å²) in [5.74, 6) is -2.62. The molecule has 0 aliphatic rings. The van der Waals surface area contributed by atoms with Crippen molar-refractivity contribution < 1.29 is 19.8 Å². The van der Waals surface area contributed by atoms with Crippen molar-refractivity contribution in [1.82, 2.24) is 0 Å². The first-order chi connectivity index (χ1) is 8.38. The van der Waals surface area contributed by atoms with Crippen LogP contribution in [0.25, 0.3) is 0 Å². The van der Waals surface area contributed by atoms with Crippen molar-refractivity contribution in [1.29, 1.82) is 0 Å². The lowest BCUT2D eigenvalue weighted by Gasteiger charge is -2.05. The summed E-state index contributed by atoms with van der Waals surface area (Å²) in [6, 6.07) is 6.55. The van der Waals surface area contributed by atoms with E-state index in [9.17, 15) is 9.59 Å². The topological polar surface area (TPSA) is 74.6 Å². The van der Waals surface area contributed by atoms with Crippen molar-refractivity contribution in [3.05, 3.63) is 34.9 Å². The third kappa shape index (κ3) is 6.68. The first-order valence-electron chi connectivity index (χ1n) is 5.87. The fourth-order valence-electron chi connectivity index (χ4n) is 1.48. The van der Waals surface area contributed by atoms with Crippen LogP contribution in [0.3, 0.4) is 0 Å². The van der Waals surface area contributed by atoms with Crippen molar-refractivity contribution in [2.45, 2.75) is 40.0 Å². The van der Waals surface area contributed by atoms with Crippen LogP contribution in [0, 0.1) is 13.8 Å². The maximum Gasteiger partial charge on any atom is 0.314 e. The second-order valence-electron chi connectivity index (χ2n) is 4.07. The fourth-order valence-corrected chi connectivity index (χ4v) is 1.48. The minimum Gasteiger partial charge on any atom is -0.481 e. The minimum atomic E-state index is -1.31. The number of hydrogen-bond acceptors (Lipinski definition) is 2. The molecule has 0 saturated carbocycles. The van der Waals surface area contributed by atoms with Gasteiger partial charge in [0.25, 0.3) is 0 Å². The highest BCUT2D eigenvalue weighted by molar-refractivity contribution is 5.88. The molecule has 100 valence electrons. The maximum atomic E-state index is 9.43. The van der Waals surface area contributed by atoms with Gasteiger partial charge >= 0.3 is 11.9 Å². The SMILES string of the molecule is CCCc1cccc(C)c1C.O=C(O)CC(=O)O. The van der Waals surface area contributed by atoms with Crippen molar-refractivity contribution >= 4 is 11.9 Å². The fraction of sp³-hybridized carbons (Fsp3) is 0.429. The average Bonchev–Trinajstić information content (AvgIpc) is 2.24. The predicted molar refractivity (Wildman–Crippen MR) is 69.8 cm³/mol. The van der Waals surface area contributed by atoms with Gasteiger partial charge < -0.3 is 10.2 Å². The monoisotopic (exact) mass is 252 g/mol. The zero-order valence-corrected chi connectivity index (χ0v) is 11.1. The highest BCUT2D eigenvalue weighted by Crippen LogP contribution is 2.13. The van der Waals surface area contributed by atoms with Crippen LogP contribution in [0.15, 0.2) is 18.2 Å². The third-order valence-electron chi connectivity index (χ3n) is 2.54. The molecule has 0 spiro atoms. The molecule has 4 heteroatoms. The Kier molecular flexibility index (Phi) is 7.43. The number of carboxylic acids is 2. The van der Waals surface area contributed by atoms with Crippen molar-refractivity contribution in [3.63, 3.8) is 0 Å². The number of benzene rings is 1. The molecular formula is C14H20O4. The van der Waals surface area contributed by atoms with E-state index in [1.165, 1.54) is 29.5 Å². The molecule has 1 aromatic rings. The Morgan fingerprint density at radius 3 is 2.06 bits per heavy atom. The van der Waals surface area contributed by atoms with Crippen LogP contribution in [0.2, 0.25) is 0 Å². The van der Waals surface area contributed by atoms with Gasteiger partial charge in [0.1, 0.15) is 6.42 Å². The predicted octanol–water partition coefficient (Wildman–Crippen LogP) is 2.80. The Hall–Kier alpha value is -1.84. The number of rotatable bonds is 4. The molecule has 0 aromatic heterocycles. The lowest BCUT2D eigenvalue weighted by atomic mass is 10.0. The molecule has 0 amide bonds. The Morgan fingerprint density at radius 1 is 1.11 bits per heavy atom. The van der Waals surface area contributed by atoms with Gasteiger partial charge in [-0.2, -0.15) is 0 Å². The molecule has 2 N–H and O–H groups in total. The molecule has 4 nitrogen and oxygen atoms in total. The van der Waals surface area contributed by atoms with E-state index in [2.05, 4.69) is 39.0 Å². The summed E-state index contributed by atoms with van der Waals surface area (Å²) in [4.78, 5) is 18.9. The highest BCUT2D eigenvalue weighted by atomic mass is 16.4. The minimum absolute atomic E-state index is 0.806. The lowest BCUT2D eigenvalue weighted by Crippen LogP contribution is -2.03. The number of aryl methyl sites for hydroxylation is 2. The zero-order valence-electron chi connectivity index (χ0n) is 11.1. The smallest absolute Gasteiger partial charge is 0.314 e. The first kappa shape index (κ1) is 16.2. The Morgan fingerprint density at radius 2 is 1.67 bits per heavy atom. The maximum absolute atomic E-state index is 9.43. The van der Waals surface area contributed by atoms with Crippen LogP contribution in [-0.4, -0.2) is 22.2 Å². The molecule has 0 aliphatic carbocycles. The summed E-state index contributed by atoms with van der Waals surface area (Å²) < 4.78 is 0. The Balaban J connectivity index is 0.000000360. The van der Waals surface area contributed by atoms with Crippen LogP contribution in [-0.2, 0) is 16.0 Å². The van der Waals surface area contributed by atoms with E-state index in [-0.39, 0.29) is 0 Å². The molecule has 1 aromatic carbocycles. The summed E-state index contributed by atoms with van der Waals surface area (Å²) in [5, 5.41) is 15.4. The largest absolute Gasteiger partial charge is 0.481 e. The molecule has 0 radical (unpaired) electrons. The van der Waals surface area contributed by atoms with Gasteiger partial charge in [-0.15, -0.1) is 0 Å². The van der Waals surface area contributed by atoms with E-state index in [0.717, 1.165) is 0 Å². The van der Waals surface area contributed by atoms with Crippen LogP contribution in [0.4, 0.5) is 0 Å². The van der Waals surface area contributed by atoms with Crippen molar-refractivity contribution in [3.8, 4) is 0 Å². The molecule has 0 fully saturated rings. The second kappa shape index (κ2) is 8.28. The standard InChI is InChI=1S/C11H16.C3H4O4/c1-4-6-11-8-5-7-9(2)10(11)3;4-2(5)1-3(6)7/h5,7-8H,4,6H2,1-3H3;1H2,(H,4,5)(H,6,7). The Labute approximate surface area is 107 Å². The molecule has 0 saturated heterocycles. The van der Waals surface area contributed by atoms with Crippen LogP contribution in [0.1, 0.15) is 36.5 Å². The molecule has 0 aliphatic heterocycles. The molecule has 0 unspecified atom stereocenters. The highest BCUT2D eigenvalue weighted by Gasteiger charge is 2.01. The zero-order chi connectivity index (χ0) is 14.1. The van der Waals surface area contributed by atoms with Gasteiger partial charge in [0.2, 0.25) is 0 Å². The van der Waals surface area contributed by atoms with E-state index >= 15 is 0 Å². The first-order valence-corrected chi connectivity index (χ1v) is 5.87. The molecule has 1 rings (SSSR count). The molecule has 0 atom stereocenters.